The van der Waals surface area contributed by atoms with E-state index < -0.39 is 5.97 Å². The van der Waals surface area contributed by atoms with Gasteiger partial charge in [0.05, 0.1) is 16.0 Å². The van der Waals surface area contributed by atoms with Crippen molar-refractivity contribution >= 4 is 40.8 Å². The van der Waals surface area contributed by atoms with Gasteiger partial charge in [0.25, 0.3) is 0 Å². The molecule has 0 spiro atoms. The van der Waals surface area contributed by atoms with Crippen molar-refractivity contribution in [2.24, 2.45) is 0 Å². The number of rotatable bonds is 4. The number of carbonyl (C=O) groups is 1. The number of carboxylic acids is 1. The fourth-order valence-electron chi connectivity index (χ4n) is 1.56. The van der Waals surface area contributed by atoms with Crippen LogP contribution in [-0.2, 0) is 6.61 Å². The number of halogens is 3. The second-order valence-corrected chi connectivity index (χ2v) is 5.22. The Hall–Kier alpha value is -1.42. The Labute approximate surface area is 130 Å². The van der Waals surface area contributed by atoms with Crippen molar-refractivity contribution in [2.75, 3.05) is 0 Å². The van der Waals surface area contributed by atoms with Crippen molar-refractivity contribution in [3.63, 3.8) is 0 Å². The predicted molar refractivity (Wildman–Crippen MR) is 76.6 cm³/mol. The normalized spacial score (nSPS) is 10.3. The molecule has 2 aromatic carbocycles. The molecule has 0 N–H and O–H groups in total. The quantitative estimate of drug-likeness (QED) is 0.861. The molecule has 0 radical (unpaired) electrons. The van der Waals surface area contributed by atoms with E-state index >= 15 is 0 Å². The second kappa shape index (κ2) is 6.35. The number of hydrogen-bond acceptors (Lipinski definition) is 3. The SMILES string of the molecule is O=C([O-])c1ccc(COc2c(Cl)cc(Cl)cc2Cl)cc1. The lowest BCUT2D eigenvalue weighted by Crippen LogP contribution is -2.22. The van der Waals surface area contributed by atoms with Gasteiger partial charge >= 0.3 is 0 Å². The van der Waals surface area contributed by atoms with Crippen LogP contribution in [0.3, 0.4) is 0 Å². The molecule has 0 saturated carbocycles. The molecular formula is C14H8Cl3O3-. The first-order chi connectivity index (χ1) is 9.47. The van der Waals surface area contributed by atoms with Crippen molar-refractivity contribution in [3.05, 3.63) is 62.6 Å². The lowest BCUT2D eigenvalue weighted by Gasteiger charge is -2.11. The molecule has 2 rings (SSSR count). The molecule has 0 amide bonds. The monoisotopic (exact) mass is 329 g/mol. The third-order valence-corrected chi connectivity index (χ3v) is 3.32. The first kappa shape index (κ1) is 15.0. The molecule has 0 heterocycles. The van der Waals surface area contributed by atoms with Crippen molar-refractivity contribution in [2.45, 2.75) is 6.61 Å². The standard InChI is InChI=1S/C14H9Cl3O3/c15-10-5-11(16)13(12(17)6-10)20-7-8-1-3-9(4-2-8)14(18)19/h1-6H,7H2,(H,18,19)/p-1. The van der Waals surface area contributed by atoms with Gasteiger partial charge in [-0.3, -0.25) is 0 Å². The highest BCUT2D eigenvalue weighted by atomic mass is 35.5. The van der Waals surface area contributed by atoms with Crippen LogP contribution in [0.2, 0.25) is 15.1 Å². The van der Waals surface area contributed by atoms with Crippen LogP contribution >= 0.6 is 34.8 Å². The molecule has 2 aromatic rings. The van der Waals surface area contributed by atoms with Crippen LogP contribution in [0, 0.1) is 0 Å². The summed E-state index contributed by atoms with van der Waals surface area (Å²) in [4.78, 5) is 10.6. The number of carbonyl (C=O) groups excluding carboxylic acids is 1. The number of ether oxygens (including phenoxy) is 1. The number of carboxylic acid groups (broad SMARTS) is 1. The maximum absolute atomic E-state index is 10.6. The highest BCUT2D eigenvalue weighted by Crippen LogP contribution is 2.36. The lowest BCUT2D eigenvalue weighted by atomic mass is 10.1. The molecule has 3 nitrogen and oxygen atoms in total. The molecule has 0 aromatic heterocycles. The van der Waals surface area contributed by atoms with E-state index in [1.165, 1.54) is 24.3 Å². The maximum Gasteiger partial charge on any atom is 0.157 e. The van der Waals surface area contributed by atoms with Crippen molar-refractivity contribution < 1.29 is 14.6 Å². The Morgan fingerprint density at radius 2 is 1.60 bits per heavy atom. The van der Waals surface area contributed by atoms with E-state index in [9.17, 15) is 9.90 Å². The molecule has 0 bridgehead atoms. The fraction of sp³-hybridized carbons (Fsp3) is 0.0714. The van der Waals surface area contributed by atoms with Gasteiger partial charge in [-0.1, -0.05) is 59.1 Å². The molecule has 6 heteroatoms. The predicted octanol–water partition coefficient (Wildman–Crippen LogP) is 3.59. The average molecular weight is 331 g/mol. The molecule has 0 fully saturated rings. The molecule has 20 heavy (non-hydrogen) atoms. The van der Waals surface area contributed by atoms with Crippen LogP contribution in [0.5, 0.6) is 5.75 Å². The van der Waals surface area contributed by atoms with Gasteiger partial charge < -0.3 is 14.6 Å². The van der Waals surface area contributed by atoms with Crippen LogP contribution < -0.4 is 9.84 Å². The molecule has 0 aliphatic carbocycles. The summed E-state index contributed by atoms with van der Waals surface area (Å²) in [7, 11) is 0. The van der Waals surface area contributed by atoms with E-state index in [1.54, 1.807) is 12.1 Å². The minimum Gasteiger partial charge on any atom is -0.545 e. The summed E-state index contributed by atoms with van der Waals surface area (Å²) >= 11 is 17.8. The summed E-state index contributed by atoms with van der Waals surface area (Å²) in [6, 6.07) is 9.21. The summed E-state index contributed by atoms with van der Waals surface area (Å²) < 4.78 is 5.52. The van der Waals surface area contributed by atoms with Gasteiger partial charge in [-0.15, -0.1) is 0 Å². The van der Waals surface area contributed by atoms with Crippen molar-refractivity contribution in [1.82, 2.24) is 0 Å². The van der Waals surface area contributed by atoms with E-state index in [1.807, 2.05) is 0 Å². The average Bonchev–Trinajstić information content (AvgIpc) is 2.38. The summed E-state index contributed by atoms with van der Waals surface area (Å²) in [5.41, 5.74) is 0.883. The highest BCUT2D eigenvalue weighted by Gasteiger charge is 2.09. The van der Waals surface area contributed by atoms with E-state index in [0.29, 0.717) is 20.8 Å². The lowest BCUT2D eigenvalue weighted by molar-refractivity contribution is -0.255. The summed E-state index contributed by atoms with van der Waals surface area (Å²) in [6.45, 7) is 0.203. The zero-order valence-electron chi connectivity index (χ0n) is 10.0. The van der Waals surface area contributed by atoms with Crippen molar-refractivity contribution in [3.8, 4) is 5.75 Å². The Bertz CT molecular complexity index is 616. The van der Waals surface area contributed by atoms with E-state index in [2.05, 4.69) is 0 Å². The van der Waals surface area contributed by atoms with Gasteiger partial charge in [0, 0.05) is 5.02 Å². The zero-order valence-corrected chi connectivity index (χ0v) is 12.3. The van der Waals surface area contributed by atoms with Gasteiger partial charge in [0.1, 0.15) is 6.61 Å². The van der Waals surface area contributed by atoms with Gasteiger partial charge in [0.2, 0.25) is 0 Å². The largest absolute Gasteiger partial charge is 0.545 e. The molecular weight excluding hydrogens is 323 g/mol. The van der Waals surface area contributed by atoms with Crippen LogP contribution in [-0.4, -0.2) is 5.97 Å². The zero-order chi connectivity index (χ0) is 14.7. The van der Waals surface area contributed by atoms with Crippen LogP contribution in [0.15, 0.2) is 36.4 Å². The Morgan fingerprint density at radius 1 is 1.05 bits per heavy atom. The van der Waals surface area contributed by atoms with Crippen LogP contribution in [0.1, 0.15) is 15.9 Å². The highest BCUT2D eigenvalue weighted by molar-refractivity contribution is 6.40. The van der Waals surface area contributed by atoms with E-state index in [-0.39, 0.29) is 12.2 Å². The maximum atomic E-state index is 10.6. The third-order valence-electron chi connectivity index (χ3n) is 2.54. The molecule has 0 aliphatic heterocycles. The molecule has 0 saturated heterocycles. The van der Waals surface area contributed by atoms with Gasteiger partial charge in [0.15, 0.2) is 5.75 Å². The van der Waals surface area contributed by atoms with Gasteiger partial charge in [-0.2, -0.15) is 0 Å². The number of aromatic carboxylic acids is 1. The van der Waals surface area contributed by atoms with Crippen LogP contribution in [0.4, 0.5) is 0 Å². The minimum absolute atomic E-state index is 0.108. The molecule has 0 atom stereocenters. The third kappa shape index (κ3) is 3.57. The van der Waals surface area contributed by atoms with E-state index in [4.69, 9.17) is 39.5 Å². The summed E-state index contributed by atoms with van der Waals surface area (Å²) in [5, 5.41) is 11.7. The second-order valence-electron chi connectivity index (χ2n) is 3.97. The molecule has 0 aliphatic rings. The smallest absolute Gasteiger partial charge is 0.157 e. The topological polar surface area (TPSA) is 49.4 Å². The Kier molecular flexibility index (Phi) is 4.76. The van der Waals surface area contributed by atoms with E-state index in [0.717, 1.165) is 5.56 Å². The first-order valence-electron chi connectivity index (χ1n) is 5.55. The summed E-state index contributed by atoms with van der Waals surface area (Å²) in [6.07, 6.45) is 0. The van der Waals surface area contributed by atoms with Gasteiger partial charge in [-0.05, 0) is 23.3 Å². The minimum atomic E-state index is -1.22. The summed E-state index contributed by atoms with van der Waals surface area (Å²) in [5.74, 6) is -0.886. The molecule has 104 valence electrons. The van der Waals surface area contributed by atoms with Crippen molar-refractivity contribution in [1.29, 1.82) is 0 Å². The van der Waals surface area contributed by atoms with Crippen LogP contribution in [0.25, 0.3) is 0 Å². The number of benzene rings is 2. The first-order valence-corrected chi connectivity index (χ1v) is 6.68. The Balaban J connectivity index is 2.11. The fourth-order valence-corrected chi connectivity index (χ4v) is 2.49. The van der Waals surface area contributed by atoms with Gasteiger partial charge in [-0.25, -0.2) is 0 Å². The number of hydrogen-bond donors (Lipinski definition) is 0. The Morgan fingerprint density at radius 3 is 2.10 bits per heavy atom. The molecule has 0 unspecified atom stereocenters.